The van der Waals surface area contributed by atoms with Gasteiger partial charge in [-0.05, 0) is 43.5 Å². The van der Waals surface area contributed by atoms with Gasteiger partial charge in [0.05, 0.1) is 34.4 Å². The van der Waals surface area contributed by atoms with Crippen LogP contribution in [0.4, 0.5) is 0 Å². The van der Waals surface area contributed by atoms with Crippen molar-refractivity contribution < 1.29 is 9.59 Å². The summed E-state index contributed by atoms with van der Waals surface area (Å²) >= 11 is 0. The van der Waals surface area contributed by atoms with Crippen molar-refractivity contribution in [2.45, 2.75) is 13.8 Å². The predicted molar refractivity (Wildman–Crippen MR) is 115 cm³/mol. The van der Waals surface area contributed by atoms with E-state index in [-0.39, 0.29) is 0 Å². The number of aromatic nitrogens is 2. The van der Waals surface area contributed by atoms with Crippen LogP contribution in [0, 0.1) is 13.8 Å². The lowest BCUT2D eigenvalue weighted by Crippen LogP contribution is -2.36. The zero-order valence-corrected chi connectivity index (χ0v) is 16.5. The molecule has 3 aromatic carbocycles. The topological polar surface area (TPSA) is 67.6 Å². The van der Waals surface area contributed by atoms with Crippen molar-refractivity contribution in [3.63, 3.8) is 0 Å². The molecule has 6 heteroatoms. The molecular weight excluding hydrogens is 376 g/mol. The van der Waals surface area contributed by atoms with Crippen molar-refractivity contribution in [1.82, 2.24) is 14.8 Å². The highest BCUT2D eigenvalue weighted by atomic mass is 16.2. The van der Waals surface area contributed by atoms with Crippen LogP contribution in [-0.2, 0) is 0 Å². The number of imide groups is 1. The molecule has 0 bridgehead atoms. The maximum atomic E-state index is 13.0. The number of hydrazone groups is 1. The molecule has 0 atom stereocenters. The molecule has 1 aliphatic heterocycles. The minimum atomic E-state index is -0.425. The molecule has 1 aliphatic rings. The van der Waals surface area contributed by atoms with E-state index in [1.807, 2.05) is 73.1 Å². The smallest absolute Gasteiger partial charge is 0.267 e. The Morgan fingerprint density at radius 3 is 2.10 bits per heavy atom. The maximum Gasteiger partial charge on any atom is 0.282 e. The van der Waals surface area contributed by atoms with Gasteiger partial charge in [-0.3, -0.25) is 9.59 Å². The number of aryl methyl sites for hydroxylation is 1. The van der Waals surface area contributed by atoms with Gasteiger partial charge in [-0.25, -0.2) is 4.68 Å². The monoisotopic (exact) mass is 394 g/mol. The zero-order valence-electron chi connectivity index (χ0n) is 16.5. The Labute approximate surface area is 173 Å². The van der Waals surface area contributed by atoms with Crippen LogP contribution >= 0.6 is 0 Å². The Morgan fingerprint density at radius 1 is 0.833 bits per heavy atom. The Kier molecular flexibility index (Phi) is 4.06. The number of para-hydroxylation sites is 1. The van der Waals surface area contributed by atoms with E-state index in [0.29, 0.717) is 16.5 Å². The average molecular weight is 394 g/mol. The molecular formula is C24H18N4O2. The molecule has 0 N–H and O–H groups in total. The molecule has 0 spiro atoms. The fraction of sp³-hybridized carbons (Fsp3) is 0.0833. The molecule has 0 saturated carbocycles. The Bertz CT molecular complexity index is 1300. The molecule has 5 rings (SSSR count). The summed E-state index contributed by atoms with van der Waals surface area (Å²) in [6.07, 6.45) is 1.54. The third kappa shape index (κ3) is 2.65. The van der Waals surface area contributed by atoms with Gasteiger partial charge in [0.15, 0.2) is 0 Å². The van der Waals surface area contributed by atoms with E-state index < -0.39 is 11.8 Å². The number of benzene rings is 3. The van der Waals surface area contributed by atoms with E-state index in [1.54, 1.807) is 18.3 Å². The van der Waals surface area contributed by atoms with Gasteiger partial charge in [-0.2, -0.15) is 15.2 Å². The summed E-state index contributed by atoms with van der Waals surface area (Å²) in [5, 5.41) is 11.4. The van der Waals surface area contributed by atoms with Gasteiger partial charge in [0.1, 0.15) is 0 Å². The van der Waals surface area contributed by atoms with Crippen molar-refractivity contribution in [1.29, 1.82) is 0 Å². The molecule has 0 unspecified atom stereocenters. The molecule has 0 fully saturated rings. The summed E-state index contributed by atoms with van der Waals surface area (Å²) in [5.41, 5.74) is 4.31. The normalized spacial score (nSPS) is 13.6. The number of carbonyl (C=O) groups is 2. The molecule has 0 saturated heterocycles. The van der Waals surface area contributed by atoms with Crippen LogP contribution in [0.15, 0.2) is 71.8 Å². The van der Waals surface area contributed by atoms with Crippen LogP contribution in [0.25, 0.3) is 16.5 Å². The molecule has 6 nitrogen and oxygen atoms in total. The lowest BCUT2D eigenvalue weighted by molar-refractivity contribution is 0.0616. The third-order valence-electron chi connectivity index (χ3n) is 5.40. The molecule has 0 radical (unpaired) electrons. The molecule has 4 aromatic rings. The molecule has 30 heavy (non-hydrogen) atoms. The summed E-state index contributed by atoms with van der Waals surface area (Å²) in [7, 11) is 0. The minimum absolute atomic E-state index is 0.425. The highest BCUT2D eigenvalue weighted by Gasteiger charge is 2.32. The van der Waals surface area contributed by atoms with E-state index in [9.17, 15) is 9.59 Å². The number of amides is 2. The van der Waals surface area contributed by atoms with Crippen LogP contribution in [-0.4, -0.2) is 32.8 Å². The zero-order chi connectivity index (χ0) is 20.8. The molecule has 2 amide bonds. The van der Waals surface area contributed by atoms with E-state index >= 15 is 0 Å². The molecule has 0 aliphatic carbocycles. The van der Waals surface area contributed by atoms with Crippen molar-refractivity contribution in [2.75, 3.05) is 0 Å². The first kappa shape index (κ1) is 18.0. The van der Waals surface area contributed by atoms with Gasteiger partial charge >= 0.3 is 0 Å². The lowest BCUT2D eigenvalue weighted by Gasteiger charge is -2.23. The van der Waals surface area contributed by atoms with E-state index in [1.165, 1.54) is 0 Å². The SMILES string of the molecule is Cc1nn(-c2ccccc2)c(C)c1C=NN1C(=O)c2cccc3cccc(c23)C1=O. The minimum Gasteiger partial charge on any atom is -0.267 e. The predicted octanol–water partition coefficient (Wildman–Crippen LogP) is 4.27. The fourth-order valence-electron chi connectivity index (χ4n) is 3.90. The quantitative estimate of drug-likeness (QED) is 0.385. The second-order valence-electron chi connectivity index (χ2n) is 7.21. The highest BCUT2D eigenvalue weighted by molar-refractivity contribution is 6.25. The van der Waals surface area contributed by atoms with Crippen LogP contribution in [0.1, 0.15) is 37.7 Å². The summed E-state index contributed by atoms with van der Waals surface area (Å²) in [6, 6.07) is 20.7. The van der Waals surface area contributed by atoms with Crippen LogP contribution in [0.3, 0.4) is 0 Å². The number of hydrogen-bond acceptors (Lipinski definition) is 4. The first-order valence-electron chi connectivity index (χ1n) is 9.62. The van der Waals surface area contributed by atoms with E-state index in [4.69, 9.17) is 0 Å². The van der Waals surface area contributed by atoms with E-state index in [2.05, 4.69) is 10.2 Å². The van der Waals surface area contributed by atoms with Gasteiger partial charge in [0.2, 0.25) is 0 Å². The lowest BCUT2D eigenvalue weighted by atomic mass is 9.95. The molecule has 146 valence electrons. The van der Waals surface area contributed by atoms with Crippen LogP contribution in [0.5, 0.6) is 0 Å². The largest absolute Gasteiger partial charge is 0.282 e. The first-order valence-corrected chi connectivity index (χ1v) is 9.62. The summed E-state index contributed by atoms with van der Waals surface area (Å²) in [5.74, 6) is -0.849. The highest BCUT2D eigenvalue weighted by Crippen LogP contribution is 2.30. The fourth-order valence-corrected chi connectivity index (χ4v) is 3.90. The first-order chi connectivity index (χ1) is 14.6. The Morgan fingerprint density at radius 2 is 1.47 bits per heavy atom. The summed E-state index contributed by atoms with van der Waals surface area (Å²) in [6.45, 7) is 3.81. The summed E-state index contributed by atoms with van der Waals surface area (Å²) < 4.78 is 1.83. The van der Waals surface area contributed by atoms with Crippen molar-refractivity contribution >= 4 is 28.8 Å². The maximum absolute atomic E-state index is 13.0. The Hall–Kier alpha value is -4.06. The van der Waals surface area contributed by atoms with E-state index in [0.717, 1.165) is 33.0 Å². The second-order valence-corrected chi connectivity index (χ2v) is 7.21. The average Bonchev–Trinajstić information content (AvgIpc) is 3.06. The van der Waals surface area contributed by atoms with Gasteiger partial charge in [0.25, 0.3) is 11.8 Å². The van der Waals surface area contributed by atoms with Crippen molar-refractivity contribution in [3.05, 3.63) is 94.8 Å². The van der Waals surface area contributed by atoms with Gasteiger partial charge < -0.3 is 0 Å². The van der Waals surface area contributed by atoms with Crippen LogP contribution in [0.2, 0.25) is 0 Å². The number of rotatable bonds is 3. The third-order valence-corrected chi connectivity index (χ3v) is 5.40. The summed E-state index contributed by atoms with van der Waals surface area (Å²) in [4.78, 5) is 26.0. The molecule has 1 aromatic heterocycles. The number of nitrogens with zero attached hydrogens (tertiary/aromatic N) is 4. The second kappa shape index (κ2) is 6.77. The number of carbonyl (C=O) groups excluding carboxylic acids is 2. The van der Waals surface area contributed by atoms with Crippen LogP contribution < -0.4 is 0 Å². The standard InChI is InChI=1S/C24H18N4O2/c1-15-21(16(2)27(26-15)18-10-4-3-5-11-18)14-25-28-23(29)19-12-6-8-17-9-7-13-20(22(17)19)24(28)30/h3-14H,1-2H3. The number of hydrogen-bond donors (Lipinski definition) is 0. The van der Waals surface area contributed by atoms with Gasteiger partial charge in [-0.1, -0.05) is 42.5 Å². The van der Waals surface area contributed by atoms with Crippen molar-refractivity contribution in [2.24, 2.45) is 5.10 Å². The molecule has 2 heterocycles. The van der Waals surface area contributed by atoms with Gasteiger partial charge in [-0.15, -0.1) is 0 Å². The van der Waals surface area contributed by atoms with Gasteiger partial charge in [0, 0.05) is 10.9 Å². The Balaban J connectivity index is 1.55. The van der Waals surface area contributed by atoms with Crippen molar-refractivity contribution in [3.8, 4) is 5.69 Å².